The molecule has 1 aliphatic rings. The quantitative estimate of drug-likeness (QED) is 0.898. The summed E-state index contributed by atoms with van der Waals surface area (Å²) >= 11 is 1.79. The van der Waals surface area contributed by atoms with Gasteiger partial charge in [-0.2, -0.15) is 0 Å². The fourth-order valence-electron chi connectivity index (χ4n) is 2.35. The zero-order chi connectivity index (χ0) is 14.2. The van der Waals surface area contributed by atoms with Crippen molar-refractivity contribution in [2.75, 3.05) is 11.4 Å². The van der Waals surface area contributed by atoms with E-state index in [0.29, 0.717) is 18.5 Å². The number of hydrogen-bond donors (Lipinski definition) is 1. The predicted octanol–water partition coefficient (Wildman–Crippen LogP) is 3.52. The smallest absolute Gasteiger partial charge is 0.186 e. The van der Waals surface area contributed by atoms with Crippen molar-refractivity contribution in [2.45, 2.75) is 65.5 Å². The van der Waals surface area contributed by atoms with Gasteiger partial charge in [0, 0.05) is 29.4 Å². The van der Waals surface area contributed by atoms with Crippen molar-refractivity contribution in [3.8, 4) is 0 Å². The highest BCUT2D eigenvalue weighted by atomic mass is 32.1. The number of anilines is 1. The van der Waals surface area contributed by atoms with Crippen LogP contribution in [0, 0.1) is 5.92 Å². The third-order valence-corrected chi connectivity index (χ3v) is 4.49. The Kier molecular flexibility index (Phi) is 4.21. The second kappa shape index (κ2) is 5.41. The topological polar surface area (TPSA) is 42.2 Å². The molecule has 0 amide bonds. The van der Waals surface area contributed by atoms with Crippen molar-refractivity contribution in [3.63, 3.8) is 0 Å². The van der Waals surface area contributed by atoms with Crippen LogP contribution in [0.5, 0.6) is 0 Å². The Morgan fingerprint density at radius 3 is 2.37 bits per heavy atom. The standard InChI is InChI=1S/C15H27N3S/c1-10(2)9-18(11-6-7-11)14-17-13(15(3,4)5)12(8-16)19-14/h10-11H,6-9,16H2,1-5H3. The number of thiazole rings is 1. The van der Waals surface area contributed by atoms with Crippen LogP contribution in [0.2, 0.25) is 0 Å². The molecule has 0 aromatic carbocycles. The molecule has 0 aliphatic heterocycles. The maximum Gasteiger partial charge on any atom is 0.186 e. The van der Waals surface area contributed by atoms with Crippen LogP contribution < -0.4 is 10.6 Å². The van der Waals surface area contributed by atoms with E-state index in [1.165, 1.54) is 28.5 Å². The molecular formula is C15H27N3S. The summed E-state index contributed by atoms with van der Waals surface area (Å²) in [5.74, 6) is 0.670. The van der Waals surface area contributed by atoms with Crippen LogP contribution in [0.4, 0.5) is 5.13 Å². The number of aromatic nitrogens is 1. The van der Waals surface area contributed by atoms with Gasteiger partial charge in [0.15, 0.2) is 5.13 Å². The third kappa shape index (κ3) is 3.48. The van der Waals surface area contributed by atoms with Crippen molar-refractivity contribution in [1.29, 1.82) is 0 Å². The molecule has 1 saturated carbocycles. The molecule has 2 rings (SSSR count). The van der Waals surface area contributed by atoms with Crippen LogP contribution in [0.1, 0.15) is 58.0 Å². The summed E-state index contributed by atoms with van der Waals surface area (Å²) in [4.78, 5) is 8.68. The highest BCUT2D eigenvalue weighted by Gasteiger charge is 2.33. The molecule has 0 saturated heterocycles. The van der Waals surface area contributed by atoms with Gasteiger partial charge in [-0.05, 0) is 18.8 Å². The SMILES string of the molecule is CC(C)CN(c1nc(C(C)(C)C)c(CN)s1)C1CC1. The van der Waals surface area contributed by atoms with Gasteiger partial charge in [0.1, 0.15) is 0 Å². The molecule has 0 spiro atoms. The molecule has 1 aliphatic carbocycles. The Hall–Kier alpha value is -0.610. The molecule has 0 atom stereocenters. The van der Waals surface area contributed by atoms with E-state index in [9.17, 15) is 0 Å². The molecule has 0 radical (unpaired) electrons. The van der Waals surface area contributed by atoms with E-state index in [1.54, 1.807) is 11.3 Å². The lowest BCUT2D eigenvalue weighted by molar-refractivity contribution is 0.562. The Labute approximate surface area is 121 Å². The summed E-state index contributed by atoms with van der Waals surface area (Å²) < 4.78 is 0. The summed E-state index contributed by atoms with van der Waals surface area (Å²) in [5, 5.41) is 1.18. The van der Waals surface area contributed by atoms with E-state index >= 15 is 0 Å². The number of hydrogen-bond acceptors (Lipinski definition) is 4. The average molecular weight is 281 g/mol. The summed E-state index contributed by atoms with van der Waals surface area (Å²) in [6, 6.07) is 0.715. The summed E-state index contributed by atoms with van der Waals surface area (Å²) in [6.45, 7) is 12.9. The Morgan fingerprint density at radius 1 is 1.37 bits per heavy atom. The number of nitrogens with two attached hydrogens (primary N) is 1. The van der Waals surface area contributed by atoms with Crippen molar-refractivity contribution < 1.29 is 0 Å². The fourth-order valence-corrected chi connectivity index (χ4v) is 3.58. The van der Waals surface area contributed by atoms with E-state index in [2.05, 4.69) is 39.5 Å². The van der Waals surface area contributed by atoms with Crippen molar-refractivity contribution in [1.82, 2.24) is 4.98 Å². The minimum absolute atomic E-state index is 0.0799. The molecule has 1 fully saturated rings. The number of rotatable bonds is 5. The minimum atomic E-state index is 0.0799. The van der Waals surface area contributed by atoms with Crippen LogP contribution in [0.3, 0.4) is 0 Å². The van der Waals surface area contributed by atoms with E-state index in [0.717, 1.165) is 6.54 Å². The molecular weight excluding hydrogens is 254 g/mol. The van der Waals surface area contributed by atoms with Gasteiger partial charge < -0.3 is 10.6 Å². The Bertz CT molecular complexity index is 427. The first kappa shape index (κ1) is 14.8. The largest absolute Gasteiger partial charge is 0.345 e. The van der Waals surface area contributed by atoms with Gasteiger partial charge >= 0.3 is 0 Å². The van der Waals surface area contributed by atoms with Crippen LogP contribution in [-0.2, 0) is 12.0 Å². The van der Waals surface area contributed by atoms with Crippen LogP contribution >= 0.6 is 11.3 Å². The fraction of sp³-hybridized carbons (Fsp3) is 0.800. The van der Waals surface area contributed by atoms with Crippen molar-refractivity contribution in [3.05, 3.63) is 10.6 Å². The summed E-state index contributed by atoms with van der Waals surface area (Å²) in [7, 11) is 0. The Morgan fingerprint density at radius 2 is 2.00 bits per heavy atom. The molecule has 19 heavy (non-hydrogen) atoms. The van der Waals surface area contributed by atoms with E-state index in [4.69, 9.17) is 10.7 Å². The van der Waals surface area contributed by atoms with E-state index in [1.807, 2.05) is 0 Å². The molecule has 1 aromatic rings. The maximum atomic E-state index is 5.91. The normalized spacial score (nSPS) is 16.2. The zero-order valence-electron chi connectivity index (χ0n) is 12.9. The first-order chi connectivity index (χ1) is 8.82. The second-order valence-electron chi connectivity index (χ2n) is 7.00. The summed E-state index contributed by atoms with van der Waals surface area (Å²) in [5.41, 5.74) is 7.17. The average Bonchev–Trinajstić information content (AvgIpc) is 3.02. The molecule has 3 nitrogen and oxygen atoms in total. The molecule has 1 heterocycles. The second-order valence-corrected chi connectivity index (χ2v) is 8.06. The predicted molar refractivity (Wildman–Crippen MR) is 83.9 cm³/mol. The van der Waals surface area contributed by atoms with Crippen LogP contribution in [0.15, 0.2) is 0 Å². The molecule has 108 valence electrons. The molecule has 2 N–H and O–H groups in total. The first-order valence-electron chi connectivity index (χ1n) is 7.29. The molecule has 1 aromatic heterocycles. The van der Waals surface area contributed by atoms with E-state index < -0.39 is 0 Å². The van der Waals surface area contributed by atoms with Gasteiger partial charge in [-0.25, -0.2) is 4.98 Å². The maximum absolute atomic E-state index is 5.91. The van der Waals surface area contributed by atoms with Crippen LogP contribution in [-0.4, -0.2) is 17.6 Å². The molecule has 4 heteroatoms. The molecule has 0 unspecified atom stereocenters. The van der Waals surface area contributed by atoms with Gasteiger partial charge in [0.05, 0.1) is 5.69 Å². The lowest BCUT2D eigenvalue weighted by atomic mass is 9.91. The van der Waals surface area contributed by atoms with Crippen LogP contribution in [0.25, 0.3) is 0 Å². The number of nitrogens with zero attached hydrogens (tertiary/aromatic N) is 2. The van der Waals surface area contributed by atoms with Crippen molar-refractivity contribution >= 4 is 16.5 Å². The monoisotopic (exact) mass is 281 g/mol. The highest BCUT2D eigenvalue weighted by molar-refractivity contribution is 7.15. The third-order valence-electron chi connectivity index (χ3n) is 3.38. The minimum Gasteiger partial charge on any atom is -0.345 e. The van der Waals surface area contributed by atoms with Gasteiger partial charge in [-0.15, -0.1) is 11.3 Å². The lowest BCUT2D eigenvalue weighted by Gasteiger charge is -2.24. The van der Waals surface area contributed by atoms with E-state index in [-0.39, 0.29) is 5.41 Å². The van der Waals surface area contributed by atoms with Gasteiger partial charge in [0.2, 0.25) is 0 Å². The zero-order valence-corrected chi connectivity index (χ0v) is 13.7. The molecule has 0 bridgehead atoms. The van der Waals surface area contributed by atoms with Crippen molar-refractivity contribution in [2.24, 2.45) is 11.7 Å². The highest BCUT2D eigenvalue weighted by Crippen LogP contribution is 2.38. The summed E-state index contributed by atoms with van der Waals surface area (Å²) in [6.07, 6.45) is 2.63. The lowest BCUT2D eigenvalue weighted by Crippen LogP contribution is -2.29. The van der Waals surface area contributed by atoms with Gasteiger partial charge in [-0.1, -0.05) is 34.6 Å². The van der Waals surface area contributed by atoms with Gasteiger partial charge in [-0.3, -0.25) is 0 Å². The first-order valence-corrected chi connectivity index (χ1v) is 8.11. The van der Waals surface area contributed by atoms with Gasteiger partial charge in [0.25, 0.3) is 0 Å². The Balaban J connectivity index is 2.30.